The Kier molecular flexibility index (Phi) is 5.56. The number of nitrogens with one attached hydrogen (secondary N) is 1. The van der Waals surface area contributed by atoms with Crippen LogP contribution in [0.2, 0.25) is 10.0 Å². The summed E-state index contributed by atoms with van der Waals surface area (Å²) >= 11 is 14.1. The van der Waals surface area contributed by atoms with E-state index >= 15 is 0 Å². The fourth-order valence-corrected chi connectivity index (χ4v) is 3.93. The fraction of sp³-hybridized carbons (Fsp3) is 0.312. The van der Waals surface area contributed by atoms with Gasteiger partial charge in [-0.2, -0.15) is 10.2 Å². The molecule has 0 amide bonds. The molecule has 6 nitrogen and oxygen atoms in total. The molecule has 9 heteroatoms. The Hall–Kier alpha value is -1.70. The Bertz CT molecular complexity index is 900. The maximum absolute atomic E-state index is 11.8. The number of rotatable bonds is 5. The van der Waals surface area contributed by atoms with Gasteiger partial charge in [0.2, 0.25) is 0 Å². The maximum Gasteiger partial charge on any atom is 0.267 e. The molecule has 1 aliphatic rings. The zero-order valence-corrected chi connectivity index (χ0v) is 15.9. The molecular weight excluding hydrogens is 381 g/mol. The van der Waals surface area contributed by atoms with E-state index in [4.69, 9.17) is 23.2 Å². The van der Waals surface area contributed by atoms with Crippen molar-refractivity contribution in [3.05, 3.63) is 49.7 Å². The van der Waals surface area contributed by atoms with Crippen molar-refractivity contribution in [2.24, 2.45) is 15.4 Å². The highest BCUT2D eigenvalue weighted by Crippen LogP contribution is 2.39. The number of benzene rings is 1. The first-order valence-electron chi connectivity index (χ1n) is 7.61. The lowest BCUT2D eigenvalue weighted by molar-refractivity contribution is 0.791. The van der Waals surface area contributed by atoms with Crippen LogP contribution in [0.3, 0.4) is 0 Å². The van der Waals surface area contributed by atoms with Gasteiger partial charge in [-0.1, -0.05) is 48.8 Å². The van der Waals surface area contributed by atoms with Crippen molar-refractivity contribution in [2.75, 3.05) is 6.54 Å². The lowest BCUT2D eigenvalue weighted by Gasteiger charge is -2.10. The molecule has 1 aromatic heterocycles. The van der Waals surface area contributed by atoms with Crippen LogP contribution in [0, 0.1) is 0 Å². The molecule has 2 aromatic rings. The van der Waals surface area contributed by atoms with E-state index in [1.807, 2.05) is 26.0 Å². The van der Waals surface area contributed by atoms with Crippen molar-refractivity contribution in [1.82, 2.24) is 10.2 Å². The third kappa shape index (κ3) is 4.29. The van der Waals surface area contributed by atoms with Gasteiger partial charge in [0.25, 0.3) is 5.56 Å². The van der Waals surface area contributed by atoms with Gasteiger partial charge in [0.15, 0.2) is 0 Å². The Morgan fingerprint density at radius 3 is 2.56 bits per heavy atom. The smallest absolute Gasteiger partial charge is 0.267 e. The van der Waals surface area contributed by atoms with Gasteiger partial charge in [0.05, 0.1) is 20.7 Å². The van der Waals surface area contributed by atoms with E-state index in [0.717, 1.165) is 11.3 Å². The summed E-state index contributed by atoms with van der Waals surface area (Å²) in [6, 6.07) is 5.47. The molecular formula is C16H15Cl2N5OS. The normalized spacial score (nSPS) is 13.6. The van der Waals surface area contributed by atoms with Gasteiger partial charge < -0.3 is 0 Å². The van der Waals surface area contributed by atoms with Crippen molar-refractivity contribution >= 4 is 40.7 Å². The summed E-state index contributed by atoms with van der Waals surface area (Å²) in [6.45, 7) is 4.42. The Morgan fingerprint density at radius 1 is 1.24 bits per heavy atom. The van der Waals surface area contributed by atoms with Crippen LogP contribution in [-0.4, -0.2) is 22.5 Å². The zero-order chi connectivity index (χ0) is 18.0. The first-order chi connectivity index (χ1) is 11.9. The largest absolute Gasteiger partial charge is 0.268 e. The van der Waals surface area contributed by atoms with Crippen LogP contribution in [0.15, 0.2) is 48.4 Å². The number of aromatic amines is 1. The second kappa shape index (κ2) is 7.68. The quantitative estimate of drug-likeness (QED) is 0.794. The third-order valence-electron chi connectivity index (χ3n) is 3.61. The summed E-state index contributed by atoms with van der Waals surface area (Å²) in [5.74, 6) is 0.0995. The summed E-state index contributed by atoms with van der Waals surface area (Å²) in [5.41, 5.74) is 2.31. The number of aromatic nitrogens is 2. The zero-order valence-electron chi connectivity index (χ0n) is 13.6. The molecule has 0 radical (unpaired) electrons. The van der Waals surface area contributed by atoms with E-state index in [-0.39, 0.29) is 11.5 Å². The highest BCUT2D eigenvalue weighted by molar-refractivity contribution is 7.99. The van der Waals surface area contributed by atoms with E-state index in [9.17, 15) is 4.79 Å². The van der Waals surface area contributed by atoms with Gasteiger partial charge in [-0.15, -0.1) is 5.10 Å². The Balaban J connectivity index is 1.85. The molecule has 1 aromatic carbocycles. The number of nitrogens with zero attached hydrogens (tertiary/aromatic N) is 4. The molecule has 25 heavy (non-hydrogen) atoms. The minimum Gasteiger partial charge on any atom is -0.268 e. The van der Waals surface area contributed by atoms with Gasteiger partial charge >= 0.3 is 0 Å². The van der Waals surface area contributed by atoms with Crippen LogP contribution in [0.4, 0.5) is 0 Å². The molecule has 0 fully saturated rings. The van der Waals surface area contributed by atoms with Crippen molar-refractivity contribution < 1.29 is 0 Å². The van der Waals surface area contributed by atoms with Crippen LogP contribution in [0.25, 0.3) is 0 Å². The second-order valence-electron chi connectivity index (χ2n) is 5.87. The maximum atomic E-state index is 11.8. The van der Waals surface area contributed by atoms with E-state index in [1.54, 1.807) is 6.07 Å². The summed E-state index contributed by atoms with van der Waals surface area (Å²) in [7, 11) is 0. The highest BCUT2D eigenvalue weighted by atomic mass is 35.5. The molecule has 0 saturated carbocycles. The first-order valence-corrected chi connectivity index (χ1v) is 9.19. The molecule has 1 N–H and O–H groups in total. The van der Waals surface area contributed by atoms with Crippen LogP contribution >= 0.6 is 35.0 Å². The molecule has 0 aliphatic carbocycles. The predicted octanol–water partition coefficient (Wildman–Crippen LogP) is 4.72. The van der Waals surface area contributed by atoms with E-state index < -0.39 is 0 Å². The SMILES string of the molecule is CC(C)c1cc(Sc2c(Cl)cc(CC3=NN=NC3)cc2Cl)n[nH]c1=O. The van der Waals surface area contributed by atoms with Crippen LogP contribution < -0.4 is 5.56 Å². The van der Waals surface area contributed by atoms with Gasteiger partial charge in [0, 0.05) is 12.0 Å². The molecule has 2 heterocycles. The summed E-state index contributed by atoms with van der Waals surface area (Å²) < 4.78 is 0. The van der Waals surface area contributed by atoms with Gasteiger partial charge in [-0.3, -0.25) is 4.79 Å². The lowest BCUT2D eigenvalue weighted by Crippen LogP contribution is -2.15. The topological polar surface area (TPSA) is 82.8 Å². The van der Waals surface area contributed by atoms with E-state index in [0.29, 0.717) is 38.5 Å². The number of H-pyrrole nitrogens is 1. The van der Waals surface area contributed by atoms with Crippen molar-refractivity contribution in [3.63, 3.8) is 0 Å². The van der Waals surface area contributed by atoms with Gasteiger partial charge in [0.1, 0.15) is 11.6 Å². The number of hydrogen-bond acceptors (Lipinski definition) is 6. The Labute approximate surface area is 158 Å². The second-order valence-corrected chi connectivity index (χ2v) is 7.71. The van der Waals surface area contributed by atoms with Crippen LogP contribution in [0.5, 0.6) is 0 Å². The highest BCUT2D eigenvalue weighted by Gasteiger charge is 2.15. The van der Waals surface area contributed by atoms with Crippen LogP contribution in [-0.2, 0) is 6.42 Å². The molecule has 3 rings (SSSR count). The summed E-state index contributed by atoms with van der Waals surface area (Å²) in [4.78, 5) is 12.5. The van der Waals surface area contributed by atoms with Gasteiger partial charge in [-0.25, -0.2) is 5.10 Å². The lowest BCUT2D eigenvalue weighted by atomic mass is 10.1. The molecule has 1 aliphatic heterocycles. The average molecular weight is 396 g/mol. The minimum atomic E-state index is -0.181. The number of hydrogen-bond donors (Lipinski definition) is 1. The summed E-state index contributed by atoms with van der Waals surface area (Å²) in [6.07, 6.45) is 0.603. The number of halogens is 2. The average Bonchev–Trinajstić information content (AvgIpc) is 3.05. The molecule has 0 saturated heterocycles. The molecule has 0 bridgehead atoms. The van der Waals surface area contributed by atoms with E-state index in [2.05, 4.69) is 25.6 Å². The fourth-order valence-electron chi connectivity index (χ4n) is 2.37. The van der Waals surface area contributed by atoms with Crippen molar-refractivity contribution in [2.45, 2.75) is 36.1 Å². The molecule has 0 spiro atoms. The minimum absolute atomic E-state index is 0.0995. The van der Waals surface area contributed by atoms with Crippen LogP contribution in [0.1, 0.15) is 30.9 Å². The standard InChI is InChI=1S/C16H15Cl2N5OS/c1-8(2)11-6-14(21-22-16(11)24)25-15-12(17)4-9(5-13(15)18)3-10-7-19-23-20-10/h4-6,8H,3,7H2,1-2H3,(H,22,24). The monoisotopic (exact) mass is 395 g/mol. The Morgan fingerprint density at radius 2 is 1.96 bits per heavy atom. The summed E-state index contributed by atoms with van der Waals surface area (Å²) in [5, 5.41) is 19.7. The van der Waals surface area contributed by atoms with Gasteiger partial charge in [-0.05, 0) is 34.9 Å². The van der Waals surface area contributed by atoms with Crippen molar-refractivity contribution in [3.8, 4) is 0 Å². The predicted molar refractivity (Wildman–Crippen MR) is 100 cm³/mol. The molecule has 0 atom stereocenters. The molecule has 0 unspecified atom stereocenters. The first kappa shape index (κ1) is 18.1. The van der Waals surface area contributed by atoms with Crippen molar-refractivity contribution in [1.29, 1.82) is 0 Å². The molecule has 130 valence electrons. The van der Waals surface area contributed by atoms with E-state index in [1.165, 1.54) is 11.8 Å². The third-order valence-corrected chi connectivity index (χ3v) is 5.49.